The minimum Gasteiger partial charge on any atom is -0.337 e. The van der Waals surface area contributed by atoms with Gasteiger partial charge in [-0.2, -0.15) is 0 Å². The number of nitrogens with zero attached hydrogens (tertiary/aromatic N) is 2. The second-order valence-corrected chi connectivity index (χ2v) is 5.02. The van der Waals surface area contributed by atoms with Crippen molar-refractivity contribution in [2.75, 3.05) is 12.4 Å². The third-order valence-corrected chi connectivity index (χ3v) is 4.15. The Morgan fingerprint density at radius 2 is 2.31 bits per heavy atom. The van der Waals surface area contributed by atoms with Crippen molar-refractivity contribution in [1.82, 2.24) is 4.90 Å². The fourth-order valence-electron chi connectivity index (χ4n) is 1.02. The summed E-state index contributed by atoms with van der Waals surface area (Å²) in [4.78, 5) is 23.8. The van der Waals surface area contributed by atoms with E-state index in [1.165, 1.54) is 12.1 Å². The van der Waals surface area contributed by atoms with Crippen LogP contribution in [0.25, 0.3) is 0 Å². The lowest BCUT2D eigenvalue weighted by molar-refractivity contribution is -0.380. The first-order valence-corrected chi connectivity index (χ1v) is 6.48. The van der Waals surface area contributed by atoms with Crippen LogP contribution in [0, 0.1) is 10.1 Å². The van der Waals surface area contributed by atoms with Crippen molar-refractivity contribution in [2.45, 2.75) is 13.0 Å². The predicted octanol–water partition coefficient (Wildman–Crippen LogP) is 2.51. The summed E-state index contributed by atoms with van der Waals surface area (Å²) >= 11 is 4.19. The summed E-state index contributed by atoms with van der Waals surface area (Å²) in [7, 11) is 1.68. The average molecular weight is 307 g/mol. The molecule has 0 radical (unpaired) electrons. The fraction of sp³-hybridized carbons (Fsp3) is 0.444. The molecule has 1 amide bonds. The Labute approximate surface area is 105 Å². The Morgan fingerprint density at radius 1 is 1.69 bits per heavy atom. The van der Waals surface area contributed by atoms with Gasteiger partial charge in [-0.25, -0.2) is 0 Å². The van der Waals surface area contributed by atoms with Crippen molar-refractivity contribution >= 4 is 38.2 Å². The molecule has 0 fully saturated rings. The highest BCUT2D eigenvalue weighted by atomic mass is 79.9. The Morgan fingerprint density at radius 3 is 2.75 bits per heavy atom. The molecule has 5 nitrogen and oxygen atoms in total. The highest BCUT2D eigenvalue weighted by molar-refractivity contribution is 9.09. The second-order valence-electron chi connectivity index (χ2n) is 3.31. The van der Waals surface area contributed by atoms with Crippen LogP contribution in [0.15, 0.2) is 12.1 Å². The van der Waals surface area contributed by atoms with Crippen LogP contribution in [-0.4, -0.2) is 34.2 Å². The van der Waals surface area contributed by atoms with Gasteiger partial charge >= 0.3 is 5.00 Å². The first kappa shape index (κ1) is 13.1. The minimum absolute atomic E-state index is 0.0109. The molecule has 1 heterocycles. The van der Waals surface area contributed by atoms with Crippen LogP contribution in [0.3, 0.4) is 0 Å². The Balaban J connectivity index is 2.84. The van der Waals surface area contributed by atoms with Crippen molar-refractivity contribution in [2.24, 2.45) is 0 Å². The number of carbonyl (C=O) groups is 1. The van der Waals surface area contributed by atoms with Crippen LogP contribution in [0.4, 0.5) is 5.00 Å². The summed E-state index contributed by atoms with van der Waals surface area (Å²) in [5.41, 5.74) is 0. The Bertz CT molecular complexity index is 407. The van der Waals surface area contributed by atoms with Crippen LogP contribution in [-0.2, 0) is 0 Å². The molecule has 1 rings (SSSR count). The van der Waals surface area contributed by atoms with E-state index in [0.29, 0.717) is 10.2 Å². The number of amides is 1. The lowest BCUT2D eigenvalue weighted by atomic mass is 10.3. The monoisotopic (exact) mass is 306 g/mol. The molecule has 88 valence electrons. The van der Waals surface area contributed by atoms with E-state index in [9.17, 15) is 14.9 Å². The molecule has 0 aromatic carbocycles. The van der Waals surface area contributed by atoms with Crippen LogP contribution >= 0.6 is 27.3 Å². The van der Waals surface area contributed by atoms with E-state index in [1.807, 2.05) is 6.92 Å². The predicted molar refractivity (Wildman–Crippen MR) is 66.3 cm³/mol. The molecule has 0 aliphatic heterocycles. The Kier molecular flexibility index (Phi) is 4.43. The zero-order chi connectivity index (χ0) is 12.3. The van der Waals surface area contributed by atoms with Gasteiger partial charge in [0.1, 0.15) is 0 Å². The van der Waals surface area contributed by atoms with Crippen LogP contribution in [0.5, 0.6) is 0 Å². The lowest BCUT2D eigenvalue weighted by Crippen LogP contribution is -2.35. The van der Waals surface area contributed by atoms with E-state index >= 15 is 0 Å². The first-order chi connectivity index (χ1) is 7.47. The molecular weight excluding hydrogens is 296 g/mol. The fourth-order valence-corrected chi connectivity index (χ4v) is 2.26. The molecule has 0 aliphatic carbocycles. The minimum atomic E-state index is -0.491. The maximum atomic E-state index is 11.9. The van der Waals surface area contributed by atoms with Crippen molar-refractivity contribution in [3.63, 3.8) is 0 Å². The molecule has 0 N–H and O–H groups in total. The number of halogens is 1. The highest BCUT2D eigenvalue weighted by Crippen LogP contribution is 2.25. The summed E-state index contributed by atoms with van der Waals surface area (Å²) in [6, 6.07) is 2.89. The molecular formula is C9H11BrN2O3S. The number of hydrogen-bond donors (Lipinski definition) is 0. The average Bonchev–Trinajstić information content (AvgIpc) is 2.75. The van der Waals surface area contributed by atoms with E-state index < -0.39 is 4.92 Å². The maximum absolute atomic E-state index is 11.9. The highest BCUT2D eigenvalue weighted by Gasteiger charge is 2.20. The molecule has 7 heteroatoms. The zero-order valence-corrected chi connectivity index (χ0v) is 11.2. The van der Waals surface area contributed by atoms with Gasteiger partial charge in [0.05, 0.1) is 9.80 Å². The Hall–Kier alpha value is -0.950. The van der Waals surface area contributed by atoms with E-state index in [0.717, 1.165) is 11.3 Å². The van der Waals surface area contributed by atoms with Gasteiger partial charge in [-0.1, -0.05) is 27.3 Å². The molecule has 0 saturated carbocycles. The summed E-state index contributed by atoms with van der Waals surface area (Å²) < 4.78 is 0. The number of nitro groups is 1. The molecule has 1 unspecified atom stereocenters. The van der Waals surface area contributed by atoms with Crippen molar-refractivity contribution in [3.8, 4) is 0 Å². The second kappa shape index (κ2) is 5.40. The lowest BCUT2D eigenvalue weighted by Gasteiger charge is -2.22. The molecule has 0 aliphatic rings. The quantitative estimate of drug-likeness (QED) is 0.488. The normalized spacial score (nSPS) is 12.2. The summed E-state index contributed by atoms with van der Waals surface area (Å²) in [6.45, 7) is 1.90. The van der Waals surface area contributed by atoms with Gasteiger partial charge in [0.2, 0.25) is 0 Å². The summed E-state index contributed by atoms with van der Waals surface area (Å²) in [6.07, 6.45) is 0. The van der Waals surface area contributed by atoms with Gasteiger partial charge in [-0.3, -0.25) is 14.9 Å². The van der Waals surface area contributed by atoms with Gasteiger partial charge in [0, 0.05) is 24.5 Å². The molecule has 0 spiro atoms. The summed E-state index contributed by atoms with van der Waals surface area (Å²) in [5, 5.41) is 11.1. The molecule has 0 saturated heterocycles. The third-order valence-electron chi connectivity index (χ3n) is 2.19. The van der Waals surface area contributed by atoms with E-state index in [4.69, 9.17) is 0 Å². The molecule has 1 aromatic heterocycles. The smallest absolute Gasteiger partial charge is 0.324 e. The number of carbonyl (C=O) groups excluding carboxylic acids is 1. The van der Waals surface area contributed by atoms with Gasteiger partial charge in [0.15, 0.2) is 0 Å². The number of hydrogen-bond acceptors (Lipinski definition) is 4. The zero-order valence-electron chi connectivity index (χ0n) is 8.84. The largest absolute Gasteiger partial charge is 0.337 e. The van der Waals surface area contributed by atoms with Gasteiger partial charge in [-0.05, 0) is 13.0 Å². The molecule has 1 aromatic rings. The number of rotatable bonds is 4. The standard InChI is InChI=1S/C9H11BrN2O3S/c1-6(5-10)11(2)9(13)7-3-4-8(16-7)12(14)15/h3-4,6H,5H2,1-2H3. The van der Waals surface area contributed by atoms with Gasteiger partial charge in [-0.15, -0.1) is 0 Å². The van der Waals surface area contributed by atoms with Crippen molar-refractivity contribution in [1.29, 1.82) is 0 Å². The van der Waals surface area contributed by atoms with Gasteiger partial charge in [0.25, 0.3) is 5.91 Å². The summed E-state index contributed by atoms with van der Waals surface area (Å²) in [5.74, 6) is -0.190. The van der Waals surface area contributed by atoms with E-state index in [-0.39, 0.29) is 17.0 Å². The van der Waals surface area contributed by atoms with Crippen molar-refractivity contribution in [3.05, 3.63) is 27.1 Å². The third kappa shape index (κ3) is 2.79. The molecule has 0 bridgehead atoms. The van der Waals surface area contributed by atoms with Crippen molar-refractivity contribution < 1.29 is 9.72 Å². The number of alkyl halides is 1. The maximum Gasteiger partial charge on any atom is 0.324 e. The van der Waals surface area contributed by atoms with E-state index in [2.05, 4.69) is 15.9 Å². The first-order valence-electron chi connectivity index (χ1n) is 4.54. The molecule has 1 atom stereocenters. The number of thiophene rings is 1. The van der Waals surface area contributed by atoms with E-state index in [1.54, 1.807) is 11.9 Å². The van der Waals surface area contributed by atoms with Crippen LogP contribution < -0.4 is 0 Å². The van der Waals surface area contributed by atoms with Gasteiger partial charge < -0.3 is 4.90 Å². The van der Waals surface area contributed by atoms with Crippen LogP contribution in [0.2, 0.25) is 0 Å². The molecule has 16 heavy (non-hydrogen) atoms. The SMILES string of the molecule is CC(CBr)N(C)C(=O)c1ccc([N+](=O)[O-])s1. The topological polar surface area (TPSA) is 63.5 Å². The van der Waals surface area contributed by atoms with Crippen LogP contribution in [0.1, 0.15) is 16.6 Å².